The van der Waals surface area contributed by atoms with Crippen molar-refractivity contribution < 1.29 is 9.18 Å². The molecule has 1 amide bonds. The topological polar surface area (TPSA) is 41.1 Å². The lowest BCUT2D eigenvalue weighted by Crippen LogP contribution is -2.48. The molecule has 0 spiro atoms. The predicted molar refractivity (Wildman–Crippen MR) is 63.8 cm³/mol. The Morgan fingerprint density at radius 2 is 2.25 bits per heavy atom. The first kappa shape index (κ1) is 11.5. The molecule has 0 aromatic heterocycles. The van der Waals surface area contributed by atoms with Crippen molar-refractivity contribution >= 4 is 27.5 Å². The molecule has 0 saturated carbocycles. The Balaban J connectivity index is 2.14. The van der Waals surface area contributed by atoms with Crippen LogP contribution in [0.3, 0.4) is 0 Å². The van der Waals surface area contributed by atoms with Gasteiger partial charge in [0.15, 0.2) is 0 Å². The number of hydrogen-bond donors (Lipinski definition) is 2. The van der Waals surface area contributed by atoms with Gasteiger partial charge in [-0.2, -0.15) is 0 Å². The Kier molecular flexibility index (Phi) is 3.25. The average Bonchev–Trinajstić information content (AvgIpc) is 2.11. The van der Waals surface area contributed by atoms with Crippen molar-refractivity contribution in [2.45, 2.75) is 6.92 Å². The van der Waals surface area contributed by atoms with Gasteiger partial charge in [0.2, 0.25) is 5.91 Å². The molecule has 1 heterocycles. The Morgan fingerprint density at radius 3 is 2.81 bits per heavy atom. The lowest BCUT2D eigenvalue weighted by molar-refractivity contribution is -0.121. The van der Waals surface area contributed by atoms with Crippen LogP contribution in [0.2, 0.25) is 0 Å². The summed E-state index contributed by atoms with van der Waals surface area (Å²) in [5.41, 5.74) is 1.38. The van der Waals surface area contributed by atoms with Crippen LogP contribution in [0.25, 0.3) is 0 Å². The van der Waals surface area contributed by atoms with Crippen LogP contribution >= 0.6 is 15.9 Å². The van der Waals surface area contributed by atoms with Gasteiger partial charge in [-0.15, -0.1) is 0 Å². The Bertz CT molecular complexity index is 432. The van der Waals surface area contributed by atoms with Gasteiger partial charge in [-0.1, -0.05) is 0 Å². The fourth-order valence-corrected chi connectivity index (χ4v) is 1.83. The minimum atomic E-state index is -0.319. The molecule has 3 nitrogen and oxygen atoms in total. The number of amides is 1. The highest BCUT2D eigenvalue weighted by atomic mass is 79.9. The Labute approximate surface area is 102 Å². The van der Waals surface area contributed by atoms with Crippen LogP contribution in [-0.4, -0.2) is 19.0 Å². The maximum Gasteiger partial charge on any atom is 0.230 e. The summed E-state index contributed by atoms with van der Waals surface area (Å²) in [4.78, 5) is 11.7. The number of anilines is 1. The summed E-state index contributed by atoms with van der Waals surface area (Å²) in [7, 11) is 0. The molecule has 1 aliphatic rings. The van der Waals surface area contributed by atoms with Crippen LogP contribution < -0.4 is 10.6 Å². The third kappa shape index (κ3) is 2.25. The molecular formula is C11H12BrFN2O. The fraction of sp³-hybridized carbons (Fsp3) is 0.364. The molecule has 1 saturated heterocycles. The number of nitrogens with one attached hydrogen (secondary N) is 2. The standard InChI is InChI=1S/C11H12BrFN2O/c1-6-2-9(13)8(12)3-10(6)15-11(16)7-4-14-5-7/h2-3,7,14H,4-5H2,1H3,(H,15,16). The van der Waals surface area contributed by atoms with E-state index in [4.69, 9.17) is 0 Å². The number of rotatable bonds is 2. The highest BCUT2D eigenvalue weighted by molar-refractivity contribution is 9.10. The molecule has 1 aromatic rings. The van der Waals surface area contributed by atoms with E-state index in [2.05, 4.69) is 26.6 Å². The van der Waals surface area contributed by atoms with Gasteiger partial charge < -0.3 is 10.6 Å². The summed E-state index contributed by atoms with van der Waals surface area (Å²) in [6.45, 7) is 3.20. The molecule has 16 heavy (non-hydrogen) atoms. The van der Waals surface area contributed by atoms with E-state index in [1.807, 2.05) is 0 Å². The molecule has 0 atom stereocenters. The van der Waals surface area contributed by atoms with Crippen molar-refractivity contribution in [3.05, 3.63) is 28.0 Å². The number of carbonyl (C=O) groups excluding carboxylic acids is 1. The van der Waals surface area contributed by atoms with E-state index in [0.717, 1.165) is 5.56 Å². The molecule has 1 fully saturated rings. The quantitative estimate of drug-likeness (QED) is 0.874. The third-order valence-corrected chi connectivity index (χ3v) is 3.29. The lowest BCUT2D eigenvalue weighted by atomic mass is 10.0. The Morgan fingerprint density at radius 1 is 1.56 bits per heavy atom. The summed E-state index contributed by atoms with van der Waals surface area (Å²) in [6.07, 6.45) is 0. The summed E-state index contributed by atoms with van der Waals surface area (Å²) in [6, 6.07) is 2.99. The first-order valence-electron chi connectivity index (χ1n) is 5.05. The van der Waals surface area contributed by atoms with E-state index in [1.54, 1.807) is 13.0 Å². The maximum atomic E-state index is 13.2. The second kappa shape index (κ2) is 4.51. The minimum Gasteiger partial charge on any atom is -0.325 e. The van der Waals surface area contributed by atoms with E-state index in [9.17, 15) is 9.18 Å². The van der Waals surface area contributed by atoms with Gasteiger partial charge in [0, 0.05) is 18.8 Å². The van der Waals surface area contributed by atoms with Crippen molar-refractivity contribution in [3.8, 4) is 0 Å². The lowest BCUT2D eigenvalue weighted by Gasteiger charge is -2.26. The smallest absolute Gasteiger partial charge is 0.230 e. The van der Waals surface area contributed by atoms with Crippen molar-refractivity contribution in [3.63, 3.8) is 0 Å². The van der Waals surface area contributed by atoms with Crippen LogP contribution in [-0.2, 0) is 4.79 Å². The third-order valence-electron chi connectivity index (χ3n) is 2.68. The van der Waals surface area contributed by atoms with Gasteiger partial charge in [0.25, 0.3) is 0 Å². The van der Waals surface area contributed by atoms with E-state index in [1.165, 1.54) is 6.07 Å². The summed E-state index contributed by atoms with van der Waals surface area (Å²) >= 11 is 3.10. The van der Waals surface area contributed by atoms with Crippen LogP contribution in [0.15, 0.2) is 16.6 Å². The summed E-state index contributed by atoms with van der Waals surface area (Å²) in [5, 5.41) is 5.84. The zero-order valence-corrected chi connectivity index (χ0v) is 10.4. The molecule has 0 aliphatic carbocycles. The second-order valence-corrected chi connectivity index (χ2v) is 4.78. The Hall–Kier alpha value is -0.940. The molecule has 0 bridgehead atoms. The zero-order chi connectivity index (χ0) is 11.7. The molecule has 1 aliphatic heterocycles. The predicted octanol–water partition coefficient (Wildman–Crippen LogP) is 2.05. The number of benzene rings is 1. The molecule has 2 rings (SSSR count). The zero-order valence-electron chi connectivity index (χ0n) is 8.81. The largest absolute Gasteiger partial charge is 0.325 e. The summed E-state index contributed by atoms with van der Waals surface area (Å²) < 4.78 is 13.5. The van der Waals surface area contributed by atoms with Crippen molar-refractivity contribution in [1.29, 1.82) is 0 Å². The first-order valence-corrected chi connectivity index (χ1v) is 5.84. The van der Waals surface area contributed by atoms with Crippen LogP contribution in [0.5, 0.6) is 0 Å². The van der Waals surface area contributed by atoms with Gasteiger partial charge in [-0.05, 0) is 40.5 Å². The average molecular weight is 287 g/mol. The SMILES string of the molecule is Cc1cc(F)c(Br)cc1NC(=O)C1CNC1. The fourth-order valence-electron chi connectivity index (χ4n) is 1.49. The van der Waals surface area contributed by atoms with Gasteiger partial charge in [-0.3, -0.25) is 4.79 Å². The van der Waals surface area contributed by atoms with E-state index in [-0.39, 0.29) is 17.6 Å². The molecule has 0 unspecified atom stereocenters. The second-order valence-electron chi connectivity index (χ2n) is 3.93. The molecule has 0 radical (unpaired) electrons. The molecule has 1 aromatic carbocycles. The van der Waals surface area contributed by atoms with Crippen molar-refractivity contribution in [1.82, 2.24) is 5.32 Å². The van der Waals surface area contributed by atoms with Gasteiger partial charge in [0.1, 0.15) is 5.82 Å². The van der Waals surface area contributed by atoms with Gasteiger partial charge in [0.05, 0.1) is 10.4 Å². The van der Waals surface area contributed by atoms with Crippen molar-refractivity contribution in [2.24, 2.45) is 5.92 Å². The van der Waals surface area contributed by atoms with Crippen LogP contribution in [0.4, 0.5) is 10.1 Å². The van der Waals surface area contributed by atoms with Gasteiger partial charge >= 0.3 is 0 Å². The maximum absolute atomic E-state index is 13.2. The highest BCUT2D eigenvalue weighted by Gasteiger charge is 2.25. The van der Waals surface area contributed by atoms with Crippen molar-refractivity contribution in [2.75, 3.05) is 18.4 Å². The molecular weight excluding hydrogens is 275 g/mol. The van der Waals surface area contributed by atoms with Gasteiger partial charge in [-0.25, -0.2) is 4.39 Å². The molecule has 86 valence electrons. The molecule has 5 heteroatoms. The highest BCUT2D eigenvalue weighted by Crippen LogP contribution is 2.24. The van der Waals surface area contributed by atoms with Crippen LogP contribution in [0, 0.1) is 18.7 Å². The number of aryl methyl sites for hydroxylation is 1. The number of carbonyl (C=O) groups is 1. The number of halogens is 2. The molecule has 2 N–H and O–H groups in total. The van der Waals surface area contributed by atoms with E-state index in [0.29, 0.717) is 23.2 Å². The normalized spacial score (nSPS) is 15.7. The monoisotopic (exact) mass is 286 g/mol. The van der Waals surface area contributed by atoms with E-state index >= 15 is 0 Å². The van der Waals surface area contributed by atoms with Crippen LogP contribution in [0.1, 0.15) is 5.56 Å². The van der Waals surface area contributed by atoms with E-state index < -0.39 is 0 Å². The minimum absolute atomic E-state index is 0.0136. The number of hydrogen-bond acceptors (Lipinski definition) is 2. The first-order chi connectivity index (χ1) is 7.58. The summed E-state index contributed by atoms with van der Waals surface area (Å²) in [5.74, 6) is -0.301.